The van der Waals surface area contributed by atoms with Crippen LogP contribution >= 0.6 is 0 Å². The first-order valence-electron chi connectivity index (χ1n) is 13.7. The van der Waals surface area contributed by atoms with Crippen LogP contribution in [-0.2, 0) is 10.2 Å². The molecule has 0 aromatic heterocycles. The molecule has 1 heterocycles. The van der Waals surface area contributed by atoms with E-state index in [-0.39, 0.29) is 23.1 Å². The Hall–Kier alpha value is -3.25. The molecule has 2 aliphatic rings. The van der Waals surface area contributed by atoms with E-state index < -0.39 is 11.6 Å². The van der Waals surface area contributed by atoms with Gasteiger partial charge in [-0.1, -0.05) is 56.2 Å². The molecule has 38 heavy (non-hydrogen) atoms. The minimum atomic E-state index is -0.717. The summed E-state index contributed by atoms with van der Waals surface area (Å²) in [7, 11) is 0. The second kappa shape index (κ2) is 11.2. The molecule has 1 saturated heterocycles. The first kappa shape index (κ1) is 26.4. The number of phenolic OH excluding ortho intramolecular Hbond substituents is 1. The van der Waals surface area contributed by atoms with Crippen molar-refractivity contribution in [3.63, 3.8) is 0 Å². The average molecular weight is 519 g/mol. The molecular formula is C32H36F2N2O2. The number of benzene rings is 3. The number of aromatic hydroxyl groups is 1. The van der Waals surface area contributed by atoms with Crippen molar-refractivity contribution in [2.75, 3.05) is 18.4 Å². The summed E-state index contributed by atoms with van der Waals surface area (Å²) in [5.41, 5.74) is 3.23. The van der Waals surface area contributed by atoms with E-state index in [9.17, 15) is 18.7 Å². The number of amides is 1. The van der Waals surface area contributed by atoms with Crippen molar-refractivity contribution in [3.8, 4) is 16.9 Å². The molecule has 6 heteroatoms. The molecule has 5 rings (SSSR count). The van der Waals surface area contributed by atoms with Crippen LogP contribution < -0.4 is 5.32 Å². The topological polar surface area (TPSA) is 52.6 Å². The van der Waals surface area contributed by atoms with Gasteiger partial charge in [0.15, 0.2) is 11.6 Å². The first-order valence-corrected chi connectivity index (χ1v) is 13.7. The number of nitrogens with one attached hydrogen (secondary N) is 1. The summed E-state index contributed by atoms with van der Waals surface area (Å²) in [5.74, 6) is -1.55. The Morgan fingerprint density at radius 3 is 2.37 bits per heavy atom. The summed E-state index contributed by atoms with van der Waals surface area (Å²) in [6, 6.07) is 19.6. The Balaban J connectivity index is 1.37. The zero-order valence-corrected chi connectivity index (χ0v) is 21.9. The van der Waals surface area contributed by atoms with Gasteiger partial charge in [0, 0.05) is 29.6 Å². The molecule has 3 aromatic carbocycles. The molecule has 4 nitrogen and oxygen atoms in total. The van der Waals surface area contributed by atoms with Crippen LogP contribution in [0.15, 0.2) is 66.7 Å². The van der Waals surface area contributed by atoms with Crippen LogP contribution in [0.5, 0.6) is 5.75 Å². The molecule has 0 bridgehead atoms. The van der Waals surface area contributed by atoms with Crippen LogP contribution in [-0.4, -0.2) is 35.0 Å². The van der Waals surface area contributed by atoms with Crippen molar-refractivity contribution in [2.45, 2.75) is 63.3 Å². The van der Waals surface area contributed by atoms with Crippen LogP contribution in [0.1, 0.15) is 57.4 Å². The summed E-state index contributed by atoms with van der Waals surface area (Å²) in [5, 5.41) is 12.5. The molecule has 2 fully saturated rings. The standard InChI is InChI=1S/C32H36F2N2O2/c1-22(19-31(38)35-27-13-14-29(34)30(37)21-27)32(15-17-36(18-16-32)28-7-2-3-8-28)25-11-9-23(10-12-25)24-5-4-6-26(33)20-24/h4-6,9-14,20-22,28,37H,2-3,7-8,15-19H2,1H3,(H,35,38). The first-order chi connectivity index (χ1) is 18.3. The average Bonchev–Trinajstić information content (AvgIpc) is 3.46. The van der Waals surface area contributed by atoms with Crippen LogP contribution in [0.4, 0.5) is 14.5 Å². The molecule has 1 amide bonds. The fraction of sp³-hybridized carbons (Fsp3) is 0.406. The number of anilines is 1. The maximum absolute atomic E-state index is 13.8. The number of phenols is 1. The number of hydrogen-bond donors (Lipinski definition) is 2. The number of rotatable bonds is 7. The minimum absolute atomic E-state index is 0.0577. The van der Waals surface area contributed by atoms with Gasteiger partial charge in [0.1, 0.15) is 5.82 Å². The molecule has 0 spiro atoms. The largest absolute Gasteiger partial charge is 0.505 e. The molecule has 3 aromatic rings. The monoisotopic (exact) mass is 518 g/mol. The van der Waals surface area contributed by atoms with Crippen LogP contribution in [0, 0.1) is 17.6 Å². The van der Waals surface area contributed by atoms with E-state index in [1.165, 1.54) is 49.4 Å². The number of hydrogen-bond acceptors (Lipinski definition) is 3. The van der Waals surface area contributed by atoms with E-state index >= 15 is 0 Å². The lowest BCUT2D eigenvalue weighted by Crippen LogP contribution is -2.49. The SMILES string of the molecule is CC(CC(=O)Nc1ccc(F)c(O)c1)C1(c2ccc(-c3cccc(F)c3)cc2)CCN(C2CCCC2)CC1. The number of likely N-dealkylation sites (tertiary alicyclic amines) is 1. The summed E-state index contributed by atoms with van der Waals surface area (Å²) in [4.78, 5) is 15.7. The molecule has 1 aliphatic carbocycles. The predicted octanol–water partition coefficient (Wildman–Crippen LogP) is 7.28. The molecule has 200 valence electrons. The predicted molar refractivity (Wildman–Crippen MR) is 147 cm³/mol. The Morgan fingerprint density at radius 1 is 1.00 bits per heavy atom. The Labute approximate surface area is 223 Å². The van der Waals surface area contributed by atoms with E-state index in [1.54, 1.807) is 12.1 Å². The van der Waals surface area contributed by atoms with Gasteiger partial charge in [-0.3, -0.25) is 4.79 Å². The Morgan fingerprint density at radius 2 is 1.71 bits per heavy atom. The lowest BCUT2D eigenvalue weighted by molar-refractivity contribution is -0.117. The fourth-order valence-electron chi connectivity index (χ4n) is 6.56. The number of carbonyl (C=O) groups is 1. The Kier molecular flexibility index (Phi) is 7.80. The number of carbonyl (C=O) groups excluding carboxylic acids is 1. The number of nitrogens with zero attached hydrogens (tertiary/aromatic N) is 1. The van der Waals surface area contributed by atoms with E-state index in [0.717, 1.165) is 43.1 Å². The summed E-state index contributed by atoms with van der Waals surface area (Å²) >= 11 is 0. The van der Waals surface area contributed by atoms with E-state index in [2.05, 4.69) is 41.4 Å². The summed E-state index contributed by atoms with van der Waals surface area (Å²) in [6.45, 7) is 4.16. The van der Waals surface area contributed by atoms with Crippen LogP contribution in [0.3, 0.4) is 0 Å². The van der Waals surface area contributed by atoms with Gasteiger partial charge in [0.2, 0.25) is 5.91 Å². The van der Waals surface area contributed by atoms with Gasteiger partial charge in [0.05, 0.1) is 0 Å². The van der Waals surface area contributed by atoms with Gasteiger partial charge < -0.3 is 15.3 Å². The zero-order chi connectivity index (χ0) is 26.7. The lowest BCUT2D eigenvalue weighted by atomic mass is 9.63. The lowest BCUT2D eigenvalue weighted by Gasteiger charge is -2.47. The van der Waals surface area contributed by atoms with Crippen molar-refractivity contribution in [2.24, 2.45) is 5.92 Å². The van der Waals surface area contributed by atoms with E-state index in [1.807, 2.05) is 6.07 Å². The molecule has 1 unspecified atom stereocenters. The number of halogens is 2. The van der Waals surface area contributed by atoms with E-state index in [4.69, 9.17) is 0 Å². The van der Waals surface area contributed by atoms with Gasteiger partial charge >= 0.3 is 0 Å². The van der Waals surface area contributed by atoms with Gasteiger partial charge in [-0.05, 0) is 85.6 Å². The molecule has 1 atom stereocenters. The highest BCUT2D eigenvalue weighted by atomic mass is 19.1. The minimum Gasteiger partial charge on any atom is -0.505 e. The van der Waals surface area contributed by atoms with Gasteiger partial charge in [-0.25, -0.2) is 8.78 Å². The highest BCUT2D eigenvalue weighted by molar-refractivity contribution is 5.91. The van der Waals surface area contributed by atoms with Crippen LogP contribution in [0.2, 0.25) is 0 Å². The van der Waals surface area contributed by atoms with Crippen molar-refractivity contribution in [1.82, 2.24) is 4.90 Å². The molecule has 1 saturated carbocycles. The van der Waals surface area contributed by atoms with Crippen LogP contribution in [0.25, 0.3) is 11.1 Å². The highest BCUT2D eigenvalue weighted by Gasteiger charge is 2.42. The summed E-state index contributed by atoms with van der Waals surface area (Å²) < 4.78 is 27.2. The molecule has 2 N–H and O–H groups in total. The van der Waals surface area contributed by atoms with Crippen molar-refractivity contribution < 1.29 is 18.7 Å². The van der Waals surface area contributed by atoms with Crippen molar-refractivity contribution in [3.05, 3.63) is 83.9 Å². The normalized spacial score (nSPS) is 18.8. The van der Waals surface area contributed by atoms with Gasteiger partial charge in [-0.2, -0.15) is 0 Å². The Bertz CT molecular complexity index is 1260. The number of piperidine rings is 1. The quantitative estimate of drug-likeness (QED) is 0.346. The second-order valence-corrected chi connectivity index (χ2v) is 11.0. The third kappa shape index (κ3) is 5.60. The third-order valence-corrected chi connectivity index (χ3v) is 8.81. The molecule has 0 radical (unpaired) electrons. The maximum atomic E-state index is 13.8. The maximum Gasteiger partial charge on any atom is 0.224 e. The second-order valence-electron chi connectivity index (χ2n) is 11.0. The molecular weight excluding hydrogens is 482 g/mol. The van der Waals surface area contributed by atoms with Gasteiger partial charge in [0.25, 0.3) is 0 Å². The van der Waals surface area contributed by atoms with Gasteiger partial charge in [-0.15, -0.1) is 0 Å². The van der Waals surface area contributed by atoms with Crippen molar-refractivity contribution >= 4 is 11.6 Å². The fourth-order valence-corrected chi connectivity index (χ4v) is 6.56. The smallest absolute Gasteiger partial charge is 0.224 e. The van der Waals surface area contributed by atoms with E-state index in [0.29, 0.717) is 18.2 Å². The third-order valence-electron chi connectivity index (χ3n) is 8.81. The highest BCUT2D eigenvalue weighted by Crippen LogP contribution is 2.45. The zero-order valence-electron chi connectivity index (χ0n) is 21.9. The molecule has 1 aliphatic heterocycles. The summed E-state index contributed by atoms with van der Waals surface area (Å²) in [6.07, 6.45) is 7.42. The van der Waals surface area contributed by atoms with Crippen molar-refractivity contribution in [1.29, 1.82) is 0 Å².